The van der Waals surface area contributed by atoms with E-state index in [4.69, 9.17) is 9.47 Å². The quantitative estimate of drug-likeness (QED) is 0.736. The van der Waals surface area contributed by atoms with E-state index in [1.165, 1.54) is 18.2 Å². The van der Waals surface area contributed by atoms with Crippen LogP contribution in [-0.2, 0) is 0 Å². The molecule has 1 unspecified atom stereocenters. The second-order valence-corrected chi connectivity index (χ2v) is 6.58. The molecule has 26 heavy (non-hydrogen) atoms. The van der Waals surface area contributed by atoms with E-state index in [1.54, 1.807) is 31.2 Å². The second-order valence-electron chi connectivity index (χ2n) is 5.48. The van der Waals surface area contributed by atoms with Gasteiger partial charge in [0.15, 0.2) is 11.5 Å². The zero-order valence-electron chi connectivity index (χ0n) is 13.6. The number of thioether (sulfide) groups is 1. The van der Waals surface area contributed by atoms with E-state index in [0.717, 1.165) is 5.56 Å². The highest BCUT2D eigenvalue weighted by molar-refractivity contribution is 8.00. The monoisotopic (exact) mass is 384 g/mol. The van der Waals surface area contributed by atoms with Crippen LogP contribution in [0.2, 0.25) is 0 Å². The number of para-hydroxylation sites is 1. The average molecular weight is 384 g/mol. The number of hydrogen-bond donors (Lipinski definition) is 2. The number of fused-ring (bicyclic) bond motifs is 1. The highest BCUT2D eigenvalue weighted by Crippen LogP contribution is 2.40. The van der Waals surface area contributed by atoms with Crippen molar-refractivity contribution < 1.29 is 27.4 Å². The summed E-state index contributed by atoms with van der Waals surface area (Å²) in [4.78, 5) is 12.1. The molecule has 2 aromatic carbocycles. The Balaban J connectivity index is 1.66. The van der Waals surface area contributed by atoms with Gasteiger partial charge in [0.25, 0.3) is 0 Å². The SMILES string of the molecule is CC(NC(=O)Nc1ccccc1SC(F)(F)F)c1ccc2c(c1)OCO2. The minimum absolute atomic E-state index is 0.0779. The summed E-state index contributed by atoms with van der Waals surface area (Å²) in [6, 6.07) is 10.0. The summed E-state index contributed by atoms with van der Waals surface area (Å²) in [6.45, 7) is 1.90. The van der Waals surface area contributed by atoms with Gasteiger partial charge in [-0.25, -0.2) is 4.79 Å². The van der Waals surface area contributed by atoms with Gasteiger partial charge in [0, 0.05) is 4.90 Å². The lowest BCUT2D eigenvalue weighted by Crippen LogP contribution is -2.31. The number of alkyl halides is 3. The van der Waals surface area contributed by atoms with Gasteiger partial charge in [-0.3, -0.25) is 0 Å². The van der Waals surface area contributed by atoms with Crippen LogP contribution < -0.4 is 20.1 Å². The van der Waals surface area contributed by atoms with Crippen molar-refractivity contribution in [3.8, 4) is 11.5 Å². The van der Waals surface area contributed by atoms with Gasteiger partial charge in [-0.2, -0.15) is 13.2 Å². The Labute approximate surface area is 151 Å². The van der Waals surface area contributed by atoms with E-state index < -0.39 is 11.5 Å². The number of amides is 2. The number of hydrogen-bond acceptors (Lipinski definition) is 4. The van der Waals surface area contributed by atoms with Crippen molar-refractivity contribution in [3.05, 3.63) is 48.0 Å². The molecule has 0 aromatic heterocycles. The zero-order valence-corrected chi connectivity index (χ0v) is 14.4. The molecule has 138 valence electrons. The molecule has 0 bridgehead atoms. The molecule has 0 spiro atoms. The first kappa shape index (κ1) is 18.2. The third-order valence-electron chi connectivity index (χ3n) is 3.61. The fraction of sp³-hybridized carbons (Fsp3) is 0.235. The van der Waals surface area contributed by atoms with Crippen LogP contribution in [0, 0.1) is 0 Å². The minimum Gasteiger partial charge on any atom is -0.454 e. The van der Waals surface area contributed by atoms with Crippen molar-refractivity contribution in [2.45, 2.75) is 23.4 Å². The Bertz CT molecular complexity index is 814. The predicted octanol–water partition coefficient (Wildman–Crippen LogP) is 4.91. The van der Waals surface area contributed by atoms with Crippen molar-refractivity contribution >= 4 is 23.5 Å². The first-order valence-electron chi connectivity index (χ1n) is 7.64. The number of rotatable bonds is 4. The van der Waals surface area contributed by atoms with E-state index in [1.807, 2.05) is 0 Å². The largest absolute Gasteiger partial charge is 0.454 e. The van der Waals surface area contributed by atoms with Gasteiger partial charge in [0.05, 0.1) is 11.7 Å². The Kier molecular flexibility index (Phi) is 5.17. The van der Waals surface area contributed by atoms with Gasteiger partial charge in [-0.1, -0.05) is 18.2 Å². The van der Waals surface area contributed by atoms with Crippen LogP contribution in [0.25, 0.3) is 0 Å². The molecule has 1 aliphatic rings. The number of carbonyl (C=O) groups is 1. The lowest BCUT2D eigenvalue weighted by molar-refractivity contribution is -0.0328. The third-order valence-corrected chi connectivity index (χ3v) is 4.41. The van der Waals surface area contributed by atoms with Crippen LogP contribution in [0.3, 0.4) is 0 Å². The summed E-state index contributed by atoms with van der Waals surface area (Å²) in [5.41, 5.74) is -3.57. The normalized spacial score (nSPS) is 14.0. The summed E-state index contributed by atoms with van der Waals surface area (Å²) in [5, 5.41) is 5.15. The summed E-state index contributed by atoms with van der Waals surface area (Å²) in [5.74, 6) is 1.21. The van der Waals surface area contributed by atoms with E-state index in [9.17, 15) is 18.0 Å². The van der Waals surface area contributed by atoms with Crippen LogP contribution in [0.1, 0.15) is 18.5 Å². The number of anilines is 1. The van der Waals surface area contributed by atoms with Crippen LogP contribution in [-0.4, -0.2) is 18.3 Å². The number of nitrogens with one attached hydrogen (secondary N) is 2. The maximum Gasteiger partial charge on any atom is 0.446 e. The van der Waals surface area contributed by atoms with Gasteiger partial charge in [-0.15, -0.1) is 0 Å². The minimum atomic E-state index is -4.44. The fourth-order valence-corrected chi connectivity index (χ4v) is 3.03. The lowest BCUT2D eigenvalue weighted by Gasteiger charge is -2.17. The topological polar surface area (TPSA) is 59.6 Å². The molecular weight excluding hydrogens is 369 g/mol. The van der Waals surface area contributed by atoms with E-state index in [2.05, 4.69) is 10.6 Å². The van der Waals surface area contributed by atoms with Gasteiger partial charge >= 0.3 is 11.5 Å². The Morgan fingerprint density at radius 3 is 2.65 bits per heavy atom. The molecule has 1 aliphatic heterocycles. The third kappa shape index (κ3) is 4.54. The molecule has 2 N–H and O–H groups in total. The van der Waals surface area contributed by atoms with E-state index in [0.29, 0.717) is 11.5 Å². The number of urea groups is 1. The standard InChI is InChI=1S/C17H15F3N2O3S/c1-10(11-6-7-13-14(8-11)25-9-24-13)21-16(23)22-12-4-2-3-5-15(12)26-17(18,19)20/h2-8,10H,9H2,1H3,(H2,21,22,23). The first-order chi connectivity index (χ1) is 12.3. The summed E-state index contributed by atoms with van der Waals surface area (Å²) < 4.78 is 48.4. The summed E-state index contributed by atoms with van der Waals surface area (Å²) >= 11 is -0.275. The maximum atomic E-state index is 12.6. The molecule has 0 aliphatic carbocycles. The van der Waals surface area contributed by atoms with Crippen LogP contribution >= 0.6 is 11.8 Å². The Morgan fingerprint density at radius 1 is 1.15 bits per heavy atom. The van der Waals surface area contributed by atoms with Crippen LogP contribution in [0.15, 0.2) is 47.4 Å². The molecule has 5 nitrogen and oxygen atoms in total. The summed E-state index contributed by atoms with van der Waals surface area (Å²) in [6.07, 6.45) is 0. The first-order valence-corrected chi connectivity index (χ1v) is 8.45. The molecule has 1 heterocycles. The summed E-state index contributed by atoms with van der Waals surface area (Å²) in [7, 11) is 0. The molecule has 0 saturated carbocycles. The molecule has 0 saturated heterocycles. The number of ether oxygens (including phenoxy) is 2. The molecule has 0 fully saturated rings. The highest BCUT2D eigenvalue weighted by Gasteiger charge is 2.30. The van der Waals surface area contributed by atoms with Crippen molar-refractivity contribution in [3.63, 3.8) is 0 Å². The molecule has 1 atom stereocenters. The molecule has 2 amide bonds. The Hall–Kier alpha value is -2.55. The molecule has 0 radical (unpaired) electrons. The number of benzene rings is 2. The molecule has 3 rings (SSSR count). The van der Waals surface area contributed by atoms with Crippen molar-refractivity contribution in [1.29, 1.82) is 0 Å². The molecular formula is C17H15F3N2O3S. The Morgan fingerprint density at radius 2 is 1.88 bits per heavy atom. The smallest absolute Gasteiger partial charge is 0.446 e. The molecule has 2 aromatic rings. The maximum absolute atomic E-state index is 12.6. The van der Waals surface area contributed by atoms with Crippen LogP contribution in [0.5, 0.6) is 11.5 Å². The van der Waals surface area contributed by atoms with Gasteiger partial charge in [0.2, 0.25) is 6.79 Å². The van der Waals surface area contributed by atoms with E-state index >= 15 is 0 Å². The number of halogens is 3. The van der Waals surface area contributed by atoms with Gasteiger partial charge in [0.1, 0.15) is 0 Å². The highest BCUT2D eigenvalue weighted by atomic mass is 32.2. The average Bonchev–Trinajstić information content (AvgIpc) is 3.02. The van der Waals surface area contributed by atoms with Gasteiger partial charge in [-0.05, 0) is 48.5 Å². The molecule has 9 heteroatoms. The number of carbonyl (C=O) groups excluding carboxylic acids is 1. The predicted molar refractivity (Wildman–Crippen MR) is 91.5 cm³/mol. The van der Waals surface area contributed by atoms with E-state index in [-0.39, 0.29) is 35.2 Å². The van der Waals surface area contributed by atoms with Gasteiger partial charge < -0.3 is 20.1 Å². The van der Waals surface area contributed by atoms with Crippen LogP contribution in [0.4, 0.5) is 23.7 Å². The zero-order chi connectivity index (χ0) is 18.7. The fourth-order valence-electron chi connectivity index (χ4n) is 2.40. The van der Waals surface area contributed by atoms with Crippen molar-refractivity contribution in [2.75, 3.05) is 12.1 Å². The van der Waals surface area contributed by atoms with Crippen molar-refractivity contribution in [1.82, 2.24) is 5.32 Å². The lowest BCUT2D eigenvalue weighted by atomic mass is 10.1. The second kappa shape index (κ2) is 7.36. The van der Waals surface area contributed by atoms with Crippen molar-refractivity contribution in [2.24, 2.45) is 0 Å².